The van der Waals surface area contributed by atoms with Crippen molar-refractivity contribution in [2.24, 2.45) is 0 Å². The van der Waals surface area contributed by atoms with Crippen LogP contribution in [0.4, 0.5) is 0 Å². The van der Waals surface area contributed by atoms with Gasteiger partial charge in [-0.2, -0.15) is 0 Å². The second-order valence-electron chi connectivity index (χ2n) is 3.07. The van der Waals surface area contributed by atoms with Gasteiger partial charge in [0.05, 0.1) is 0 Å². The molecule has 0 unspecified atom stereocenters. The van der Waals surface area contributed by atoms with E-state index < -0.39 is 0 Å². The molecular formula is C10H13O. The maximum absolute atomic E-state index is 11.2. The molecule has 0 bridgehead atoms. The molecule has 0 N–H and O–H groups in total. The summed E-state index contributed by atoms with van der Waals surface area (Å²) in [6.07, 6.45) is 0. The maximum Gasteiger partial charge on any atom is 0.182 e. The molecule has 0 amide bonds. The van der Waals surface area contributed by atoms with Crippen LogP contribution in [0.25, 0.3) is 0 Å². The zero-order valence-corrected chi connectivity index (χ0v) is 7.49. The zero-order chi connectivity index (χ0) is 8.59. The van der Waals surface area contributed by atoms with Crippen LogP contribution < -0.4 is 0 Å². The molecule has 59 valence electrons. The lowest BCUT2D eigenvalue weighted by Gasteiger charge is -2.07. The van der Waals surface area contributed by atoms with Crippen LogP contribution in [0.2, 0.25) is 0 Å². The molecule has 1 aromatic rings. The third-order valence-corrected chi connectivity index (χ3v) is 2.43. The summed E-state index contributed by atoms with van der Waals surface area (Å²) in [5.74, 6) is 0.158. The number of hydrogen-bond acceptors (Lipinski definition) is 0. The number of hydrogen-bond donors (Lipinski definition) is 0. The summed E-state index contributed by atoms with van der Waals surface area (Å²) < 4.78 is 0. The van der Waals surface area contributed by atoms with E-state index in [0.29, 0.717) is 0 Å². The maximum atomic E-state index is 11.2. The van der Waals surface area contributed by atoms with E-state index in [1.54, 1.807) is 6.07 Å². The van der Waals surface area contributed by atoms with Gasteiger partial charge in [0.1, 0.15) is 0 Å². The van der Waals surface area contributed by atoms with Crippen LogP contribution in [-0.2, 0) is 5.11 Å². The molecule has 0 aliphatic carbocycles. The third kappa shape index (κ3) is 1.23. The van der Waals surface area contributed by atoms with Crippen molar-refractivity contribution in [2.75, 3.05) is 0 Å². The van der Waals surface area contributed by atoms with Gasteiger partial charge in [0.25, 0.3) is 0 Å². The predicted molar refractivity (Wildman–Crippen MR) is 45.5 cm³/mol. The van der Waals surface area contributed by atoms with Gasteiger partial charge in [0.2, 0.25) is 0 Å². The molecule has 1 radical (unpaired) electrons. The van der Waals surface area contributed by atoms with E-state index in [2.05, 4.69) is 6.92 Å². The highest BCUT2D eigenvalue weighted by molar-refractivity contribution is 5.46. The summed E-state index contributed by atoms with van der Waals surface area (Å²) in [7, 11) is 0. The van der Waals surface area contributed by atoms with E-state index >= 15 is 0 Å². The molecule has 0 atom stereocenters. The Hall–Kier alpha value is -0.980. The molecule has 1 aromatic carbocycles. The second kappa shape index (κ2) is 2.57. The zero-order valence-electron chi connectivity index (χ0n) is 7.49. The fraction of sp³-hybridized carbons (Fsp3) is 0.400. The highest BCUT2D eigenvalue weighted by atomic mass is 16.3. The smallest absolute Gasteiger partial charge is 0.182 e. The summed E-state index contributed by atoms with van der Waals surface area (Å²) >= 11 is 0. The molecule has 11 heavy (non-hydrogen) atoms. The van der Waals surface area contributed by atoms with Crippen LogP contribution in [0.3, 0.4) is 0 Å². The molecule has 0 heterocycles. The second-order valence-corrected chi connectivity index (χ2v) is 3.07. The lowest BCUT2D eigenvalue weighted by molar-refractivity contribution is 0.351. The molecular weight excluding hydrogens is 136 g/mol. The molecule has 0 aliphatic heterocycles. The van der Waals surface area contributed by atoms with Gasteiger partial charge in [0, 0.05) is 0 Å². The first-order chi connectivity index (χ1) is 5.04. The molecule has 1 nitrogen and oxygen atoms in total. The fourth-order valence-electron chi connectivity index (χ4n) is 1.17. The molecule has 0 fully saturated rings. The van der Waals surface area contributed by atoms with Crippen molar-refractivity contribution in [3.05, 3.63) is 28.3 Å². The number of benzene rings is 1. The van der Waals surface area contributed by atoms with Crippen LogP contribution in [0.1, 0.15) is 22.3 Å². The lowest BCUT2D eigenvalue weighted by Crippen LogP contribution is -1.89. The molecule has 0 saturated carbocycles. The number of rotatable bonds is 0. The predicted octanol–water partition coefficient (Wildman–Crippen LogP) is 3.06. The SMILES string of the molecule is Cc1cc([O])c(C)c(C)c1C. The van der Waals surface area contributed by atoms with E-state index in [1.807, 2.05) is 20.8 Å². The van der Waals surface area contributed by atoms with E-state index in [1.165, 1.54) is 5.56 Å². The largest absolute Gasteiger partial charge is 0.290 e. The normalized spacial score (nSPS) is 10.2. The van der Waals surface area contributed by atoms with E-state index in [0.717, 1.165) is 16.7 Å². The van der Waals surface area contributed by atoms with Crippen LogP contribution >= 0.6 is 0 Å². The fourth-order valence-corrected chi connectivity index (χ4v) is 1.17. The van der Waals surface area contributed by atoms with Crippen molar-refractivity contribution >= 4 is 0 Å². The summed E-state index contributed by atoms with van der Waals surface area (Å²) in [5, 5.41) is 11.2. The average molecular weight is 149 g/mol. The van der Waals surface area contributed by atoms with Gasteiger partial charge in [-0.15, -0.1) is 0 Å². The third-order valence-electron chi connectivity index (χ3n) is 2.43. The molecule has 1 rings (SSSR count). The first kappa shape index (κ1) is 8.12. The van der Waals surface area contributed by atoms with Crippen molar-refractivity contribution in [1.29, 1.82) is 0 Å². The first-order valence-electron chi connectivity index (χ1n) is 3.78. The minimum absolute atomic E-state index is 0.158. The Labute approximate surface area is 67.7 Å². The number of aryl methyl sites for hydroxylation is 1. The summed E-state index contributed by atoms with van der Waals surface area (Å²) in [5.41, 5.74) is 4.35. The monoisotopic (exact) mass is 149 g/mol. The van der Waals surface area contributed by atoms with Crippen LogP contribution in [0, 0.1) is 27.7 Å². The molecule has 0 saturated heterocycles. The van der Waals surface area contributed by atoms with Gasteiger partial charge >= 0.3 is 0 Å². The highest BCUT2D eigenvalue weighted by Gasteiger charge is 2.06. The van der Waals surface area contributed by atoms with Crippen molar-refractivity contribution in [3.8, 4) is 5.75 Å². The first-order valence-corrected chi connectivity index (χ1v) is 3.78. The Kier molecular flexibility index (Phi) is 1.90. The Morgan fingerprint density at radius 3 is 2.00 bits per heavy atom. The Morgan fingerprint density at radius 2 is 1.45 bits per heavy atom. The summed E-state index contributed by atoms with van der Waals surface area (Å²) in [6, 6.07) is 1.71. The minimum atomic E-state index is 0.158. The van der Waals surface area contributed by atoms with Gasteiger partial charge in [-0.3, -0.25) is 5.11 Å². The minimum Gasteiger partial charge on any atom is -0.290 e. The molecule has 0 aromatic heterocycles. The highest BCUT2D eigenvalue weighted by Crippen LogP contribution is 2.25. The van der Waals surface area contributed by atoms with Gasteiger partial charge in [-0.05, 0) is 56.0 Å². The Balaban J connectivity index is 3.46. The van der Waals surface area contributed by atoms with E-state index in [9.17, 15) is 5.11 Å². The van der Waals surface area contributed by atoms with Crippen LogP contribution in [0.5, 0.6) is 5.75 Å². The van der Waals surface area contributed by atoms with Crippen LogP contribution in [-0.4, -0.2) is 0 Å². The van der Waals surface area contributed by atoms with Crippen LogP contribution in [0.15, 0.2) is 6.07 Å². The quantitative estimate of drug-likeness (QED) is 0.540. The van der Waals surface area contributed by atoms with Gasteiger partial charge in [-0.1, -0.05) is 0 Å². The summed E-state index contributed by atoms with van der Waals surface area (Å²) in [4.78, 5) is 0. The van der Waals surface area contributed by atoms with Crippen molar-refractivity contribution in [1.82, 2.24) is 0 Å². The van der Waals surface area contributed by atoms with E-state index in [-0.39, 0.29) is 5.75 Å². The molecule has 0 spiro atoms. The van der Waals surface area contributed by atoms with Crippen molar-refractivity contribution in [3.63, 3.8) is 0 Å². The molecule has 0 aliphatic rings. The average Bonchev–Trinajstić information content (AvgIpc) is 1.97. The van der Waals surface area contributed by atoms with Crippen molar-refractivity contribution in [2.45, 2.75) is 27.7 Å². The van der Waals surface area contributed by atoms with Gasteiger partial charge in [0.15, 0.2) is 5.75 Å². The summed E-state index contributed by atoms with van der Waals surface area (Å²) in [6.45, 7) is 7.91. The molecule has 1 heteroatoms. The van der Waals surface area contributed by atoms with Crippen molar-refractivity contribution < 1.29 is 5.11 Å². The Bertz CT molecular complexity index is 261. The van der Waals surface area contributed by atoms with E-state index in [4.69, 9.17) is 0 Å². The Morgan fingerprint density at radius 1 is 0.909 bits per heavy atom. The van der Waals surface area contributed by atoms with Gasteiger partial charge in [-0.25, -0.2) is 0 Å². The van der Waals surface area contributed by atoms with Gasteiger partial charge < -0.3 is 0 Å². The lowest BCUT2D eigenvalue weighted by atomic mass is 9.99. The standard InChI is InChI=1S/C10H13O/c1-6-5-10(11)9(4)8(3)7(6)2/h5H,1-4H3. The topological polar surface area (TPSA) is 19.9 Å².